The van der Waals surface area contributed by atoms with Crippen LogP contribution in [0.15, 0.2) is 42.7 Å². The van der Waals surface area contributed by atoms with Gasteiger partial charge < -0.3 is 9.47 Å². The molecule has 0 aliphatic carbocycles. The highest BCUT2D eigenvalue weighted by Crippen LogP contribution is 2.08. The molecule has 1 amide bonds. The van der Waals surface area contributed by atoms with Crippen molar-refractivity contribution < 1.29 is 14.3 Å². The Labute approximate surface area is 140 Å². The third-order valence-electron chi connectivity index (χ3n) is 3.63. The van der Waals surface area contributed by atoms with Crippen LogP contribution in [0.2, 0.25) is 0 Å². The monoisotopic (exact) mass is 328 g/mol. The number of nitrogens with zero attached hydrogens (tertiary/aromatic N) is 3. The van der Waals surface area contributed by atoms with Crippen LogP contribution < -0.4 is 5.32 Å². The summed E-state index contributed by atoms with van der Waals surface area (Å²) in [5.41, 5.74) is 1.45. The first-order chi connectivity index (χ1) is 11.8. The topological polar surface area (TPSA) is 76.6 Å². The van der Waals surface area contributed by atoms with Crippen LogP contribution in [0.25, 0.3) is 0 Å². The molecule has 1 N–H and O–H groups in total. The van der Waals surface area contributed by atoms with Gasteiger partial charge in [-0.25, -0.2) is 14.8 Å². The molecule has 1 saturated heterocycles. The van der Waals surface area contributed by atoms with Gasteiger partial charge in [-0.2, -0.15) is 0 Å². The van der Waals surface area contributed by atoms with Crippen LogP contribution in [-0.2, 0) is 22.6 Å². The van der Waals surface area contributed by atoms with Crippen molar-refractivity contribution in [1.29, 1.82) is 0 Å². The number of hydrogen-bond donors (Lipinski definition) is 1. The van der Waals surface area contributed by atoms with Gasteiger partial charge in [0, 0.05) is 13.1 Å². The van der Waals surface area contributed by atoms with E-state index in [1.807, 2.05) is 30.3 Å². The van der Waals surface area contributed by atoms with E-state index in [-0.39, 0.29) is 6.61 Å². The van der Waals surface area contributed by atoms with Gasteiger partial charge in [0.15, 0.2) is 0 Å². The molecule has 0 atom stereocenters. The number of hydrogen-bond acceptors (Lipinski definition) is 6. The predicted molar refractivity (Wildman–Crippen MR) is 88.4 cm³/mol. The quantitative estimate of drug-likeness (QED) is 0.905. The lowest BCUT2D eigenvalue weighted by molar-refractivity contribution is 0.0330. The minimum atomic E-state index is -0.525. The molecule has 0 unspecified atom stereocenters. The summed E-state index contributed by atoms with van der Waals surface area (Å²) in [6.45, 7) is 4.16. The first kappa shape index (κ1) is 16.4. The summed E-state index contributed by atoms with van der Waals surface area (Å²) >= 11 is 0. The van der Waals surface area contributed by atoms with E-state index in [4.69, 9.17) is 9.47 Å². The van der Waals surface area contributed by atoms with Gasteiger partial charge >= 0.3 is 6.09 Å². The Bertz CT molecular complexity index is 643. The largest absolute Gasteiger partial charge is 0.444 e. The van der Waals surface area contributed by atoms with E-state index in [9.17, 15) is 4.79 Å². The lowest BCUT2D eigenvalue weighted by atomic mass is 10.2. The normalized spacial score (nSPS) is 15.0. The van der Waals surface area contributed by atoms with Gasteiger partial charge in [-0.15, -0.1) is 0 Å². The first-order valence-electron chi connectivity index (χ1n) is 7.88. The van der Waals surface area contributed by atoms with Gasteiger partial charge in [-0.3, -0.25) is 10.2 Å². The number of morpholine rings is 1. The van der Waals surface area contributed by atoms with Crippen molar-refractivity contribution in [3.8, 4) is 0 Å². The number of nitrogens with one attached hydrogen (secondary N) is 1. The molecule has 2 aromatic rings. The van der Waals surface area contributed by atoms with E-state index in [0.29, 0.717) is 12.2 Å². The zero-order valence-electron chi connectivity index (χ0n) is 13.4. The molecule has 1 aromatic heterocycles. The van der Waals surface area contributed by atoms with Crippen molar-refractivity contribution in [2.24, 2.45) is 0 Å². The molecule has 24 heavy (non-hydrogen) atoms. The molecule has 0 bridgehead atoms. The van der Waals surface area contributed by atoms with Crippen molar-refractivity contribution in [3.05, 3.63) is 54.1 Å². The van der Waals surface area contributed by atoms with Crippen LogP contribution in [0.3, 0.4) is 0 Å². The van der Waals surface area contributed by atoms with Gasteiger partial charge in [0.1, 0.15) is 12.4 Å². The Kier molecular flexibility index (Phi) is 5.70. The zero-order valence-corrected chi connectivity index (χ0v) is 13.4. The number of benzene rings is 1. The average Bonchev–Trinajstić information content (AvgIpc) is 2.63. The Hall–Kier alpha value is -2.51. The maximum absolute atomic E-state index is 11.8. The maximum atomic E-state index is 11.8. The van der Waals surface area contributed by atoms with Gasteiger partial charge in [0.25, 0.3) is 0 Å². The Balaban J connectivity index is 1.45. The van der Waals surface area contributed by atoms with Gasteiger partial charge in [0.2, 0.25) is 0 Å². The zero-order chi connectivity index (χ0) is 16.6. The number of anilines is 1. The number of amides is 1. The van der Waals surface area contributed by atoms with E-state index >= 15 is 0 Å². The number of ether oxygens (including phenoxy) is 2. The summed E-state index contributed by atoms with van der Waals surface area (Å²) in [7, 11) is 0. The highest BCUT2D eigenvalue weighted by molar-refractivity contribution is 5.83. The Morgan fingerprint density at radius 3 is 2.58 bits per heavy atom. The molecule has 0 spiro atoms. The first-order valence-corrected chi connectivity index (χ1v) is 7.88. The molecule has 126 valence electrons. The van der Waals surface area contributed by atoms with E-state index in [2.05, 4.69) is 20.2 Å². The molecule has 1 aliphatic rings. The predicted octanol–water partition coefficient (Wildman–Crippen LogP) is 2.06. The van der Waals surface area contributed by atoms with Crippen molar-refractivity contribution in [1.82, 2.24) is 14.9 Å². The van der Waals surface area contributed by atoms with Crippen molar-refractivity contribution in [3.63, 3.8) is 0 Å². The van der Waals surface area contributed by atoms with Crippen molar-refractivity contribution in [2.75, 3.05) is 31.6 Å². The third kappa shape index (κ3) is 5.00. The molecular weight excluding hydrogens is 308 g/mol. The van der Waals surface area contributed by atoms with Gasteiger partial charge in [-0.05, 0) is 5.56 Å². The Morgan fingerprint density at radius 2 is 1.88 bits per heavy atom. The average molecular weight is 328 g/mol. The second kappa shape index (κ2) is 8.37. The standard InChI is InChI=1S/C17H20N4O3/c22-17(24-13-14-4-2-1-3-5-14)20-15-10-18-16(19-11-15)12-21-6-8-23-9-7-21/h1-5,10-11H,6-9,12-13H2,(H,20,22). The minimum absolute atomic E-state index is 0.225. The highest BCUT2D eigenvalue weighted by Gasteiger charge is 2.12. The lowest BCUT2D eigenvalue weighted by Gasteiger charge is -2.25. The van der Waals surface area contributed by atoms with E-state index in [0.717, 1.165) is 37.7 Å². The second-order valence-corrected chi connectivity index (χ2v) is 5.46. The third-order valence-corrected chi connectivity index (χ3v) is 3.63. The molecule has 1 fully saturated rings. The van der Waals surface area contributed by atoms with E-state index in [1.165, 1.54) is 0 Å². The summed E-state index contributed by atoms with van der Waals surface area (Å²) < 4.78 is 10.5. The summed E-state index contributed by atoms with van der Waals surface area (Å²) in [5.74, 6) is 0.722. The van der Waals surface area contributed by atoms with Crippen molar-refractivity contribution in [2.45, 2.75) is 13.2 Å². The SMILES string of the molecule is O=C(Nc1cnc(CN2CCOCC2)nc1)OCc1ccccc1. The summed E-state index contributed by atoms with van der Waals surface area (Å²) in [6.07, 6.45) is 2.66. The smallest absolute Gasteiger partial charge is 0.412 e. The van der Waals surface area contributed by atoms with E-state index in [1.54, 1.807) is 12.4 Å². The molecule has 0 saturated carbocycles. The van der Waals surface area contributed by atoms with E-state index < -0.39 is 6.09 Å². The lowest BCUT2D eigenvalue weighted by Crippen LogP contribution is -2.36. The summed E-state index contributed by atoms with van der Waals surface area (Å²) in [5, 5.41) is 2.62. The minimum Gasteiger partial charge on any atom is -0.444 e. The van der Waals surface area contributed by atoms with Gasteiger partial charge in [0.05, 0.1) is 37.8 Å². The fourth-order valence-corrected chi connectivity index (χ4v) is 2.34. The second-order valence-electron chi connectivity index (χ2n) is 5.46. The number of rotatable bonds is 5. The fraction of sp³-hybridized carbons (Fsp3) is 0.353. The molecular formula is C17H20N4O3. The molecule has 2 heterocycles. The number of carbonyl (C=O) groups excluding carboxylic acids is 1. The van der Waals surface area contributed by atoms with Crippen LogP contribution in [0.1, 0.15) is 11.4 Å². The van der Waals surface area contributed by atoms with Crippen LogP contribution in [0, 0.1) is 0 Å². The molecule has 1 aromatic carbocycles. The van der Waals surface area contributed by atoms with Crippen LogP contribution in [-0.4, -0.2) is 47.3 Å². The maximum Gasteiger partial charge on any atom is 0.412 e. The van der Waals surface area contributed by atoms with Crippen molar-refractivity contribution >= 4 is 11.8 Å². The molecule has 7 heteroatoms. The summed E-state index contributed by atoms with van der Waals surface area (Å²) in [6, 6.07) is 9.52. The summed E-state index contributed by atoms with van der Waals surface area (Å²) in [4.78, 5) is 22.6. The number of aromatic nitrogens is 2. The number of carbonyl (C=O) groups is 1. The molecule has 1 aliphatic heterocycles. The molecule has 0 radical (unpaired) electrons. The van der Waals surface area contributed by atoms with Crippen LogP contribution in [0.5, 0.6) is 0 Å². The van der Waals surface area contributed by atoms with Gasteiger partial charge in [-0.1, -0.05) is 30.3 Å². The fourth-order valence-electron chi connectivity index (χ4n) is 2.34. The Morgan fingerprint density at radius 1 is 1.17 bits per heavy atom. The molecule has 7 nitrogen and oxygen atoms in total. The van der Waals surface area contributed by atoms with Crippen LogP contribution in [0.4, 0.5) is 10.5 Å². The molecule has 3 rings (SSSR count). The van der Waals surface area contributed by atoms with Crippen LogP contribution >= 0.6 is 0 Å². The highest BCUT2D eigenvalue weighted by atomic mass is 16.5.